The van der Waals surface area contributed by atoms with Gasteiger partial charge in [0.2, 0.25) is 0 Å². The van der Waals surface area contributed by atoms with Crippen LogP contribution >= 0.6 is 11.8 Å². The number of thioether (sulfide) groups is 1. The van der Waals surface area contributed by atoms with Crippen molar-refractivity contribution < 1.29 is 5.11 Å². The van der Waals surface area contributed by atoms with Gasteiger partial charge in [-0.15, -0.1) is 0 Å². The average molecular weight is 194 g/mol. The molecule has 2 atom stereocenters. The number of hydrogen-bond acceptors (Lipinski definition) is 4. The molecule has 0 spiro atoms. The van der Waals surface area contributed by atoms with Crippen LogP contribution in [0, 0.1) is 5.41 Å². The van der Waals surface area contributed by atoms with Gasteiger partial charge >= 0.3 is 0 Å². The van der Waals surface area contributed by atoms with Crippen molar-refractivity contribution in [3.8, 4) is 0 Å². The summed E-state index contributed by atoms with van der Waals surface area (Å²) in [5.74, 6) is 0. The molecular weight excluding hydrogens is 184 g/mol. The molecule has 0 aliphatic carbocycles. The number of aliphatic hydroxyl groups excluding tert-OH is 1. The minimum absolute atomic E-state index is 0.0173. The van der Waals surface area contributed by atoms with E-state index in [4.69, 9.17) is 5.41 Å². The van der Waals surface area contributed by atoms with Gasteiger partial charge in [0, 0.05) is 0 Å². The zero-order valence-corrected chi connectivity index (χ0v) is 7.71. The van der Waals surface area contributed by atoms with Crippen LogP contribution in [0.5, 0.6) is 0 Å². The Morgan fingerprint density at radius 3 is 2.54 bits per heavy atom. The Bertz CT molecular complexity index is 315. The molecule has 1 aliphatic heterocycles. The maximum atomic E-state index is 9.27. The van der Waals surface area contributed by atoms with Gasteiger partial charge in [0.25, 0.3) is 0 Å². The first kappa shape index (κ1) is 8.74. The van der Waals surface area contributed by atoms with Gasteiger partial charge in [-0.1, -0.05) is 42.1 Å². The van der Waals surface area contributed by atoms with Crippen LogP contribution in [0.2, 0.25) is 0 Å². The van der Waals surface area contributed by atoms with Crippen LogP contribution in [-0.2, 0) is 0 Å². The van der Waals surface area contributed by atoms with Gasteiger partial charge < -0.3 is 5.11 Å². The van der Waals surface area contributed by atoms with Crippen molar-refractivity contribution in [3.63, 3.8) is 0 Å². The molecule has 3 N–H and O–H groups in total. The van der Waals surface area contributed by atoms with E-state index in [0.717, 1.165) is 5.56 Å². The molecule has 1 aromatic rings. The fraction of sp³-hybridized carbons (Fsp3) is 0.222. The molecule has 1 aliphatic rings. The van der Waals surface area contributed by atoms with Gasteiger partial charge in [-0.25, -0.2) is 0 Å². The third kappa shape index (κ3) is 1.75. The van der Waals surface area contributed by atoms with Crippen LogP contribution in [0.1, 0.15) is 10.9 Å². The molecule has 13 heavy (non-hydrogen) atoms. The molecule has 0 radical (unpaired) electrons. The molecule has 0 saturated carbocycles. The van der Waals surface area contributed by atoms with Crippen molar-refractivity contribution in [2.75, 3.05) is 0 Å². The molecule has 1 fully saturated rings. The van der Waals surface area contributed by atoms with E-state index in [2.05, 4.69) is 5.32 Å². The third-order valence-corrected chi connectivity index (χ3v) is 3.03. The largest absolute Gasteiger partial charge is 0.372 e. The third-order valence-electron chi connectivity index (χ3n) is 1.90. The topological polar surface area (TPSA) is 56.1 Å². The Labute approximate surface area is 80.7 Å². The van der Waals surface area contributed by atoms with E-state index in [1.165, 1.54) is 11.8 Å². The first-order valence-corrected chi connectivity index (χ1v) is 4.89. The zero-order chi connectivity index (χ0) is 9.26. The van der Waals surface area contributed by atoms with Crippen LogP contribution in [0.4, 0.5) is 0 Å². The van der Waals surface area contributed by atoms with Crippen LogP contribution in [0.15, 0.2) is 30.3 Å². The predicted molar refractivity (Wildman–Crippen MR) is 53.6 cm³/mol. The Morgan fingerprint density at radius 2 is 2.00 bits per heavy atom. The van der Waals surface area contributed by atoms with E-state index >= 15 is 0 Å². The van der Waals surface area contributed by atoms with Crippen LogP contribution < -0.4 is 5.32 Å². The highest BCUT2D eigenvalue weighted by atomic mass is 32.2. The van der Waals surface area contributed by atoms with Crippen molar-refractivity contribution in [3.05, 3.63) is 35.9 Å². The summed E-state index contributed by atoms with van der Waals surface area (Å²) in [6.45, 7) is 0. The molecule has 1 heterocycles. The molecule has 1 saturated heterocycles. The van der Waals surface area contributed by atoms with Crippen LogP contribution in [-0.4, -0.2) is 16.4 Å². The first-order chi connectivity index (χ1) is 6.27. The van der Waals surface area contributed by atoms with Crippen molar-refractivity contribution in [1.29, 1.82) is 5.41 Å². The van der Waals surface area contributed by atoms with Crippen LogP contribution in [0.3, 0.4) is 0 Å². The maximum Gasteiger partial charge on any atom is 0.154 e. The van der Waals surface area contributed by atoms with Crippen LogP contribution in [0.25, 0.3) is 0 Å². The molecule has 4 heteroatoms. The first-order valence-electron chi connectivity index (χ1n) is 4.01. The van der Waals surface area contributed by atoms with Gasteiger partial charge in [-0.3, -0.25) is 10.7 Å². The summed E-state index contributed by atoms with van der Waals surface area (Å²) in [6, 6.07) is 9.81. The van der Waals surface area contributed by atoms with Gasteiger partial charge in [-0.05, 0) is 5.56 Å². The summed E-state index contributed by atoms with van der Waals surface area (Å²) < 4.78 is 0. The molecule has 68 valence electrons. The number of nitrogens with one attached hydrogen (secondary N) is 2. The lowest BCUT2D eigenvalue weighted by Gasteiger charge is -2.08. The molecule has 3 nitrogen and oxygen atoms in total. The second-order valence-electron chi connectivity index (χ2n) is 2.84. The van der Waals surface area contributed by atoms with E-state index in [1.54, 1.807) is 0 Å². The minimum atomic E-state index is -0.796. The number of benzene rings is 1. The van der Waals surface area contributed by atoms with E-state index in [1.807, 2.05) is 30.3 Å². The molecule has 2 unspecified atom stereocenters. The van der Waals surface area contributed by atoms with Gasteiger partial charge in [0.15, 0.2) is 6.23 Å². The Balaban J connectivity index is 2.17. The highest BCUT2D eigenvalue weighted by Gasteiger charge is 2.28. The zero-order valence-electron chi connectivity index (χ0n) is 6.90. The molecule has 0 aromatic heterocycles. The lowest BCUT2D eigenvalue weighted by atomic mass is 10.2. The summed E-state index contributed by atoms with van der Waals surface area (Å²) >= 11 is 1.35. The number of hydrogen-bond donors (Lipinski definition) is 3. The molecule has 0 amide bonds. The van der Waals surface area contributed by atoms with Crippen molar-refractivity contribution in [2.45, 2.75) is 11.6 Å². The molecule has 1 aromatic carbocycles. The highest BCUT2D eigenvalue weighted by Crippen LogP contribution is 2.32. The van der Waals surface area contributed by atoms with E-state index in [9.17, 15) is 5.11 Å². The number of aliphatic hydroxyl groups is 1. The van der Waals surface area contributed by atoms with E-state index in [0.29, 0.717) is 0 Å². The summed E-state index contributed by atoms with van der Waals surface area (Å²) in [4.78, 5) is 0. The summed E-state index contributed by atoms with van der Waals surface area (Å²) in [7, 11) is 0. The minimum Gasteiger partial charge on any atom is -0.372 e. The molecule has 2 rings (SSSR count). The van der Waals surface area contributed by atoms with Crippen molar-refractivity contribution in [1.82, 2.24) is 5.32 Å². The Kier molecular flexibility index (Phi) is 2.35. The smallest absolute Gasteiger partial charge is 0.154 e. The lowest BCUT2D eigenvalue weighted by Crippen LogP contribution is -2.27. The SMILES string of the molecule is N=C1SC(c2ccccc2)NC1O. The van der Waals surface area contributed by atoms with Gasteiger partial charge in [0.1, 0.15) is 5.04 Å². The summed E-state index contributed by atoms with van der Waals surface area (Å²) in [6.07, 6.45) is -0.796. The fourth-order valence-corrected chi connectivity index (χ4v) is 2.18. The predicted octanol–water partition coefficient (Wildman–Crippen LogP) is 1.32. The standard InChI is InChI=1S/C9H10N2OS/c10-7-8(12)11-9(13-7)6-4-2-1-3-5-6/h1-5,8-12H. The fourth-order valence-electron chi connectivity index (χ4n) is 1.24. The Hall–Kier alpha value is -0.840. The van der Waals surface area contributed by atoms with Gasteiger partial charge in [-0.2, -0.15) is 0 Å². The summed E-state index contributed by atoms with van der Waals surface area (Å²) in [5, 5.41) is 19.9. The van der Waals surface area contributed by atoms with E-state index < -0.39 is 6.23 Å². The summed E-state index contributed by atoms with van der Waals surface area (Å²) in [5.41, 5.74) is 1.09. The highest BCUT2D eigenvalue weighted by molar-refractivity contribution is 8.14. The lowest BCUT2D eigenvalue weighted by molar-refractivity contribution is 0.207. The average Bonchev–Trinajstić information content (AvgIpc) is 2.49. The van der Waals surface area contributed by atoms with Crippen molar-refractivity contribution in [2.24, 2.45) is 0 Å². The van der Waals surface area contributed by atoms with Crippen molar-refractivity contribution >= 4 is 16.8 Å². The molecular formula is C9H10N2OS. The second kappa shape index (κ2) is 3.49. The second-order valence-corrected chi connectivity index (χ2v) is 3.99. The number of rotatable bonds is 1. The Morgan fingerprint density at radius 1 is 1.31 bits per heavy atom. The van der Waals surface area contributed by atoms with Gasteiger partial charge in [0.05, 0.1) is 5.37 Å². The molecule has 0 bridgehead atoms. The van der Waals surface area contributed by atoms with E-state index in [-0.39, 0.29) is 10.4 Å². The normalized spacial score (nSPS) is 27.9. The maximum absolute atomic E-state index is 9.27. The monoisotopic (exact) mass is 194 g/mol. The quantitative estimate of drug-likeness (QED) is 0.632.